The Bertz CT molecular complexity index is 705. The minimum absolute atomic E-state index is 0.370. The van der Waals surface area contributed by atoms with Gasteiger partial charge in [-0.2, -0.15) is 5.10 Å². The summed E-state index contributed by atoms with van der Waals surface area (Å²) in [5.41, 5.74) is -0.0675. The molecule has 0 aliphatic carbocycles. The molecule has 0 aliphatic rings. The molecule has 1 atom stereocenters. The summed E-state index contributed by atoms with van der Waals surface area (Å²) in [5.74, 6) is -1.31. The Morgan fingerprint density at radius 1 is 1.43 bits per heavy atom. The number of furan rings is 1. The first kappa shape index (κ1) is 14.5. The zero-order valence-electron chi connectivity index (χ0n) is 11.1. The first-order valence-electron chi connectivity index (χ1n) is 6.11. The summed E-state index contributed by atoms with van der Waals surface area (Å²) in [6, 6.07) is 5.05. The Hall–Kier alpha value is -2.90. The van der Waals surface area contributed by atoms with Crippen molar-refractivity contribution in [3.05, 3.63) is 40.9 Å². The lowest BCUT2D eigenvalue weighted by Crippen LogP contribution is -2.41. The number of carboxylic acids is 1. The average molecular weight is 291 g/mol. The number of hydrogen-bond acceptors (Lipinski definition) is 5. The Balaban J connectivity index is 2.16. The summed E-state index contributed by atoms with van der Waals surface area (Å²) in [4.78, 5) is 34.0. The van der Waals surface area contributed by atoms with Crippen molar-refractivity contribution >= 4 is 11.9 Å². The summed E-state index contributed by atoms with van der Waals surface area (Å²) < 4.78 is 6.11. The molecule has 2 heterocycles. The fraction of sp³-hybridized carbons (Fsp3) is 0.231. The summed E-state index contributed by atoms with van der Waals surface area (Å²) in [6.45, 7) is 0.959. The van der Waals surface area contributed by atoms with Gasteiger partial charge in [-0.15, -0.1) is 0 Å². The summed E-state index contributed by atoms with van der Waals surface area (Å²) in [7, 11) is 0. The fourth-order valence-electron chi connectivity index (χ4n) is 1.60. The number of aliphatic carboxylic acids is 1. The monoisotopic (exact) mass is 291 g/mol. The van der Waals surface area contributed by atoms with Crippen LogP contribution in [0.5, 0.6) is 0 Å². The number of carboxylic acid groups (broad SMARTS) is 1. The van der Waals surface area contributed by atoms with Crippen LogP contribution in [0, 0.1) is 0 Å². The first-order chi connectivity index (χ1) is 9.97. The van der Waals surface area contributed by atoms with Crippen molar-refractivity contribution in [3.8, 4) is 11.5 Å². The molecule has 0 aromatic carbocycles. The molecule has 110 valence electrons. The van der Waals surface area contributed by atoms with Gasteiger partial charge in [0.05, 0.1) is 6.26 Å². The molecule has 2 rings (SSSR count). The predicted octanol–water partition coefficient (Wildman–Crippen LogP) is 0.0926. The second-order valence-electron chi connectivity index (χ2n) is 4.32. The van der Waals surface area contributed by atoms with E-state index < -0.39 is 23.5 Å². The maximum atomic E-state index is 11.7. The minimum atomic E-state index is -1.16. The van der Waals surface area contributed by atoms with Crippen LogP contribution in [-0.4, -0.2) is 32.8 Å². The number of amides is 1. The molecule has 0 bridgehead atoms. The van der Waals surface area contributed by atoms with E-state index in [1.807, 2.05) is 0 Å². The molecule has 0 saturated heterocycles. The van der Waals surface area contributed by atoms with Gasteiger partial charge in [0, 0.05) is 6.07 Å². The topological polar surface area (TPSA) is 114 Å². The number of rotatable bonds is 5. The highest BCUT2D eigenvalue weighted by atomic mass is 16.4. The molecular formula is C13H13N3O5. The third-order valence-electron chi connectivity index (χ3n) is 2.68. The largest absolute Gasteiger partial charge is 0.480 e. The molecular weight excluding hydrogens is 278 g/mol. The second-order valence-corrected chi connectivity index (χ2v) is 4.32. The molecule has 0 radical (unpaired) electrons. The SMILES string of the molecule is C[C@@H](NC(=O)Cn1nc(-c2ccco2)ccc1=O)C(=O)O. The number of aromatic nitrogens is 2. The Morgan fingerprint density at radius 3 is 2.81 bits per heavy atom. The van der Waals surface area contributed by atoms with Crippen molar-refractivity contribution in [3.63, 3.8) is 0 Å². The highest BCUT2D eigenvalue weighted by Crippen LogP contribution is 2.14. The Morgan fingerprint density at radius 2 is 2.19 bits per heavy atom. The zero-order chi connectivity index (χ0) is 15.4. The van der Waals surface area contributed by atoms with Crippen LogP contribution >= 0.6 is 0 Å². The van der Waals surface area contributed by atoms with Gasteiger partial charge in [0.15, 0.2) is 5.76 Å². The van der Waals surface area contributed by atoms with Gasteiger partial charge in [-0.1, -0.05) is 0 Å². The van der Waals surface area contributed by atoms with E-state index in [1.54, 1.807) is 12.1 Å². The van der Waals surface area contributed by atoms with E-state index in [-0.39, 0.29) is 6.54 Å². The van der Waals surface area contributed by atoms with E-state index in [0.29, 0.717) is 11.5 Å². The van der Waals surface area contributed by atoms with Crippen LogP contribution in [0.25, 0.3) is 11.5 Å². The van der Waals surface area contributed by atoms with Crippen molar-refractivity contribution in [2.75, 3.05) is 0 Å². The fourth-order valence-corrected chi connectivity index (χ4v) is 1.60. The van der Waals surface area contributed by atoms with E-state index in [0.717, 1.165) is 4.68 Å². The number of hydrogen-bond donors (Lipinski definition) is 2. The molecule has 2 aromatic rings. The molecule has 1 amide bonds. The van der Waals surface area contributed by atoms with Crippen molar-refractivity contribution in [2.24, 2.45) is 0 Å². The van der Waals surface area contributed by atoms with Gasteiger partial charge in [-0.3, -0.25) is 14.4 Å². The van der Waals surface area contributed by atoms with Crippen molar-refractivity contribution < 1.29 is 19.1 Å². The van der Waals surface area contributed by atoms with Gasteiger partial charge in [0.1, 0.15) is 18.3 Å². The van der Waals surface area contributed by atoms with E-state index in [1.165, 1.54) is 25.3 Å². The number of carbonyl (C=O) groups excluding carboxylic acids is 1. The van der Waals surface area contributed by atoms with Gasteiger partial charge >= 0.3 is 5.97 Å². The molecule has 2 aromatic heterocycles. The average Bonchev–Trinajstić information content (AvgIpc) is 2.95. The Kier molecular flexibility index (Phi) is 4.17. The van der Waals surface area contributed by atoms with E-state index in [2.05, 4.69) is 10.4 Å². The zero-order valence-corrected chi connectivity index (χ0v) is 11.1. The van der Waals surface area contributed by atoms with Gasteiger partial charge in [-0.05, 0) is 25.1 Å². The second kappa shape index (κ2) is 6.04. The van der Waals surface area contributed by atoms with Crippen LogP contribution < -0.4 is 10.9 Å². The van der Waals surface area contributed by atoms with Crippen LogP contribution in [0.15, 0.2) is 39.7 Å². The number of nitrogens with one attached hydrogen (secondary N) is 1. The summed E-state index contributed by atoms with van der Waals surface area (Å²) in [5, 5.41) is 15.0. The standard InChI is InChI=1S/C13H13N3O5/c1-8(13(19)20)14-11(17)7-16-12(18)5-4-9(15-16)10-3-2-6-21-10/h2-6,8H,7H2,1H3,(H,14,17)(H,19,20)/t8-/m1/s1. The predicted molar refractivity (Wildman–Crippen MR) is 71.4 cm³/mol. The summed E-state index contributed by atoms with van der Waals surface area (Å²) in [6.07, 6.45) is 1.47. The maximum Gasteiger partial charge on any atom is 0.325 e. The molecule has 8 nitrogen and oxygen atoms in total. The number of nitrogens with zero attached hydrogens (tertiary/aromatic N) is 2. The maximum absolute atomic E-state index is 11.7. The van der Waals surface area contributed by atoms with Crippen LogP contribution in [0.2, 0.25) is 0 Å². The van der Waals surface area contributed by atoms with Crippen LogP contribution in [0.1, 0.15) is 6.92 Å². The van der Waals surface area contributed by atoms with E-state index in [4.69, 9.17) is 9.52 Å². The third kappa shape index (κ3) is 3.56. The van der Waals surface area contributed by atoms with E-state index in [9.17, 15) is 14.4 Å². The lowest BCUT2D eigenvalue weighted by atomic mass is 10.3. The Labute approximate surface area is 119 Å². The van der Waals surface area contributed by atoms with Gasteiger partial charge < -0.3 is 14.8 Å². The van der Waals surface area contributed by atoms with E-state index >= 15 is 0 Å². The van der Waals surface area contributed by atoms with Gasteiger partial charge in [0.25, 0.3) is 5.56 Å². The van der Waals surface area contributed by atoms with Crippen molar-refractivity contribution in [1.82, 2.24) is 15.1 Å². The van der Waals surface area contributed by atoms with Gasteiger partial charge in [-0.25, -0.2) is 4.68 Å². The first-order valence-corrected chi connectivity index (χ1v) is 6.11. The highest BCUT2D eigenvalue weighted by Gasteiger charge is 2.15. The molecule has 2 N–H and O–H groups in total. The molecule has 21 heavy (non-hydrogen) atoms. The van der Waals surface area contributed by atoms with Crippen LogP contribution in [0.3, 0.4) is 0 Å². The third-order valence-corrected chi connectivity index (χ3v) is 2.68. The lowest BCUT2D eigenvalue weighted by Gasteiger charge is -2.10. The quantitative estimate of drug-likeness (QED) is 0.807. The number of carbonyl (C=O) groups is 2. The molecule has 0 aliphatic heterocycles. The lowest BCUT2D eigenvalue weighted by molar-refractivity contribution is -0.141. The van der Waals surface area contributed by atoms with Gasteiger partial charge in [0.2, 0.25) is 5.91 Å². The van der Waals surface area contributed by atoms with Crippen molar-refractivity contribution in [1.29, 1.82) is 0 Å². The summed E-state index contributed by atoms with van der Waals surface area (Å²) >= 11 is 0. The minimum Gasteiger partial charge on any atom is -0.480 e. The molecule has 0 unspecified atom stereocenters. The molecule has 8 heteroatoms. The van der Waals surface area contributed by atoms with Crippen LogP contribution in [0.4, 0.5) is 0 Å². The molecule has 0 saturated carbocycles. The highest BCUT2D eigenvalue weighted by molar-refractivity contribution is 5.83. The van der Waals surface area contributed by atoms with Crippen LogP contribution in [-0.2, 0) is 16.1 Å². The smallest absolute Gasteiger partial charge is 0.325 e. The molecule has 0 spiro atoms. The van der Waals surface area contributed by atoms with Crippen molar-refractivity contribution in [2.45, 2.75) is 19.5 Å². The normalized spacial score (nSPS) is 11.9. The molecule has 0 fully saturated rings.